The Morgan fingerprint density at radius 3 is 1.55 bits per heavy atom. The largest absolute Gasteiger partial charge is 0.355 e. The molecule has 0 amide bonds. The van der Waals surface area contributed by atoms with Crippen LogP contribution in [-0.4, -0.2) is 25.7 Å². The molecule has 0 spiro atoms. The minimum absolute atomic E-state index is 0.0969. The number of H-pyrrole nitrogens is 2. The summed E-state index contributed by atoms with van der Waals surface area (Å²) in [6.45, 7) is 17.9. The Balaban J connectivity index is 1.92. The summed E-state index contributed by atoms with van der Waals surface area (Å²) < 4.78 is 0. The number of ketones is 1. The predicted octanol–water partition coefficient (Wildman–Crippen LogP) is 9.57. The van der Waals surface area contributed by atoms with Crippen LogP contribution in [0.3, 0.4) is 0 Å². The number of nitrogens with zero attached hydrogens (tertiary/aromatic N) is 2. The van der Waals surface area contributed by atoms with E-state index < -0.39 is 0 Å². The van der Waals surface area contributed by atoms with Gasteiger partial charge in [0.1, 0.15) is 0 Å². The van der Waals surface area contributed by atoms with Crippen LogP contribution >= 0.6 is 0 Å². The SMILES string of the molecule is CCC1=C(CC)c2nc1c(CC)c1nc(c3c4[nH]c(cc4C3=O)cc3[nH]c(c2CC)c(CC)c3CC)C(CC)=C1CC. The summed E-state index contributed by atoms with van der Waals surface area (Å²) in [5.74, 6) is 0.0969. The highest BCUT2D eigenvalue weighted by molar-refractivity contribution is 6.29. The molecule has 0 atom stereocenters. The number of aromatic nitrogens is 4. The van der Waals surface area contributed by atoms with E-state index in [9.17, 15) is 4.79 Å². The number of fused-ring (bicyclic) bond motifs is 8. The van der Waals surface area contributed by atoms with Gasteiger partial charge < -0.3 is 9.97 Å². The Morgan fingerprint density at radius 2 is 1.02 bits per heavy atom. The van der Waals surface area contributed by atoms with Crippen molar-refractivity contribution in [2.75, 3.05) is 0 Å². The second-order valence-corrected chi connectivity index (χ2v) is 11.6. The third-order valence-electron chi connectivity index (χ3n) is 9.65. The van der Waals surface area contributed by atoms with Crippen molar-refractivity contribution >= 4 is 50.1 Å². The molecule has 8 bridgehead atoms. The summed E-state index contributed by atoms with van der Waals surface area (Å²) >= 11 is 0. The molecule has 0 unspecified atom stereocenters. The van der Waals surface area contributed by atoms with E-state index in [2.05, 4.69) is 71.4 Å². The first kappa shape index (κ1) is 28.4. The molecule has 0 fully saturated rings. The minimum atomic E-state index is 0.0969. The van der Waals surface area contributed by atoms with Gasteiger partial charge in [0.2, 0.25) is 0 Å². The normalized spacial score (nSPS) is 14.3. The highest BCUT2D eigenvalue weighted by Crippen LogP contribution is 2.45. The van der Waals surface area contributed by atoms with Crippen molar-refractivity contribution in [3.05, 3.63) is 68.3 Å². The highest BCUT2D eigenvalue weighted by Gasteiger charge is 2.35. The summed E-state index contributed by atoms with van der Waals surface area (Å²) in [6.07, 6.45) is 7.20. The van der Waals surface area contributed by atoms with Crippen molar-refractivity contribution in [1.29, 1.82) is 0 Å². The quantitative estimate of drug-likeness (QED) is 0.225. The predicted molar refractivity (Wildman–Crippen MR) is 177 cm³/mol. The van der Waals surface area contributed by atoms with E-state index in [1.807, 2.05) is 6.07 Å². The third kappa shape index (κ3) is 3.85. The zero-order chi connectivity index (χ0) is 29.9. The number of aryl methyl sites for hydroxylation is 3. The lowest BCUT2D eigenvalue weighted by Gasteiger charge is -2.14. The van der Waals surface area contributed by atoms with Crippen LogP contribution in [0.5, 0.6) is 0 Å². The Kier molecular flexibility index (Phi) is 7.32. The van der Waals surface area contributed by atoms with Gasteiger partial charge in [0, 0.05) is 33.2 Å². The molecule has 42 heavy (non-hydrogen) atoms. The zero-order valence-electron chi connectivity index (χ0n) is 26.6. The van der Waals surface area contributed by atoms with Gasteiger partial charge in [0.05, 0.1) is 33.9 Å². The van der Waals surface area contributed by atoms with Crippen molar-refractivity contribution in [3.8, 4) is 0 Å². The van der Waals surface area contributed by atoms with Crippen LogP contribution in [0.1, 0.15) is 142 Å². The molecule has 2 aliphatic heterocycles. The first-order valence-electron chi connectivity index (χ1n) is 16.2. The van der Waals surface area contributed by atoms with E-state index >= 15 is 0 Å². The topological polar surface area (TPSA) is 74.4 Å². The zero-order valence-corrected chi connectivity index (χ0v) is 26.6. The number of aromatic amines is 2. The second kappa shape index (κ2) is 10.8. The third-order valence-corrected chi connectivity index (χ3v) is 9.65. The van der Waals surface area contributed by atoms with E-state index in [0.29, 0.717) is 0 Å². The lowest BCUT2D eigenvalue weighted by Crippen LogP contribution is -2.14. The fourth-order valence-electron chi connectivity index (χ4n) is 7.72. The lowest BCUT2D eigenvalue weighted by atomic mass is 9.87. The average molecular weight is 561 g/mol. The van der Waals surface area contributed by atoms with Gasteiger partial charge in [-0.3, -0.25) is 4.79 Å². The second-order valence-electron chi connectivity index (χ2n) is 11.6. The number of carbonyl (C=O) groups excluding carboxylic acids is 1. The summed E-state index contributed by atoms with van der Waals surface area (Å²) in [7, 11) is 0. The molecule has 218 valence electrons. The molecule has 1 aliphatic carbocycles. The Hall–Kier alpha value is -3.73. The molecule has 3 aliphatic rings. The van der Waals surface area contributed by atoms with E-state index in [0.717, 1.165) is 102 Å². The van der Waals surface area contributed by atoms with Gasteiger partial charge in [-0.25, -0.2) is 9.97 Å². The summed E-state index contributed by atoms with van der Waals surface area (Å²) in [5, 5.41) is 0. The Bertz CT molecular complexity index is 1880. The molecule has 0 aromatic carbocycles. The molecule has 2 N–H and O–H groups in total. The maximum absolute atomic E-state index is 13.6. The number of carbonyl (C=O) groups is 1. The van der Waals surface area contributed by atoms with Crippen LogP contribution < -0.4 is 0 Å². The van der Waals surface area contributed by atoms with Gasteiger partial charge in [0.15, 0.2) is 5.78 Å². The van der Waals surface area contributed by atoms with Gasteiger partial charge in [-0.2, -0.15) is 0 Å². The number of hydrogen-bond donors (Lipinski definition) is 2. The van der Waals surface area contributed by atoms with Crippen molar-refractivity contribution in [3.63, 3.8) is 0 Å². The molecule has 0 saturated carbocycles. The van der Waals surface area contributed by atoms with Crippen LogP contribution in [-0.2, 0) is 25.7 Å². The van der Waals surface area contributed by atoms with Crippen LogP contribution in [0.4, 0.5) is 0 Å². The lowest BCUT2D eigenvalue weighted by molar-refractivity contribution is 0.103. The van der Waals surface area contributed by atoms with E-state index in [1.54, 1.807) is 0 Å². The van der Waals surface area contributed by atoms with Crippen LogP contribution in [0.15, 0.2) is 12.1 Å². The van der Waals surface area contributed by atoms with Gasteiger partial charge in [-0.1, -0.05) is 55.4 Å². The molecular formula is C37H44N4O. The summed E-state index contributed by atoms with van der Waals surface area (Å²) in [4.78, 5) is 32.0. The molecule has 6 rings (SSSR count). The van der Waals surface area contributed by atoms with Gasteiger partial charge in [-0.05, 0) is 96.9 Å². The average Bonchev–Trinajstić information content (AvgIpc) is 3.74. The van der Waals surface area contributed by atoms with Crippen molar-refractivity contribution < 1.29 is 4.79 Å². The van der Waals surface area contributed by atoms with Crippen LogP contribution in [0.2, 0.25) is 0 Å². The smallest absolute Gasteiger partial charge is 0.199 e. The van der Waals surface area contributed by atoms with E-state index in [4.69, 9.17) is 9.97 Å². The maximum atomic E-state index is 13.6. The van der Waals surface area contributed by atoms with Gasteiger partial charge >= 0.3 is 0 Å². The van der Waals surface area contributed by atoms with Crippen LogP contribution in [0, 0.1) is 0 Å². The van der Waals surface area contributed by atoms with E-state index in [1.165, 1.54) is 50.1 Å². The first-order chi connectivity index (χ1) is 20.4. The summed E-state index contributed by atoms with van der Waals surface area (Å²) in [6, 6.07) is 4.21. The first-order valence-corrected chi connectivity index (χ1v) is 16.2. The summed E-state index contributed by atoms with van der Waals surface area (Å²) in [5.41, 5.74) is 20.3. The number of nitrogens with one attached hydrogen (secondary N) is 2. The Labute approximate surface area is 249 Å². The van der Waals surface area contributed by atoms with Crippen molar-refractivity contribution in [2.45, 2.75) is 107 Å². The number of hydrogen-bond acceptors (Lipinski definition) is 3. The molecule has 5 heteroatoms. The Morgan fingerprint density at radius 1 is 0.524 bits per heavy atom. The molecule has 3 aromatic rings. The van der Waals surface area contributed by atoms with Crippen molar-refractivity contribution in [1.82, 2.24) is 19.9 Å². The van der Waals surface area contributed by atoms with E-state index in [-0.39, 0.29) is 5.78 Å². The monoisotopic (exact) mass is 560 g/mol. The van der Waals surface area contributed by atoms with Gasteiger partial charge in [-0.15, -0.1) is 0 Å². The van der Waals surface area contributed by atoms with Crippen LogP contribution in [0.25, 0.3) is 44.4 Å². The fraction of sp³-hybridized carbons (Fsp3) is 0.432. The molecular weight excluding hydrogens is 516 g/mol. The number of allylic oxidation sites excluding steroid dienone is 4. The molecule has 0 radical (unpaired) electrons. The molecule has 0 saturated heterocycles. The maximum Gasteiger partial charge on any atom is 0.199 e. The minimum Gasteiger partial charge on any atom is -0.355 e. The highest BCUT2D eigenvalue weighted by atomic mass is 16.1. The molecule has 3 aromatic heterocycles. The molecule has 5 heterocycles. The van der Waals surface area contributed by atoms with Crippen molar-refractivity contribution in [2.24, 2.45) is 0 Å². The number of rotatable bonds is 8. The standard InChI is InChI=1S/C37H44N4O/c1-9-20-21(10-2)31-26(15-7)32-22(11-3)23(12-4)33(40-32)27(16-8)34-24(13-5)25(14-6)35(41-34)30-36-28(37(30)42)17-19(38-36)18-29(20)39-31/h17-18,38-39H,9-16H2,1-8H3. The molecule has 5 nitrogen and oxygen atoms in total. The fourth-order valence-corrected chi connectivity index (χ4v) is 7.72. The van der Waals surface area contributed by atoms with Gasteiger partial charge in [0.25, 0.3) is 0 Å².